The molecule has 3 nitrogen and oxygen atoms in total. The minimum absolute atomic E-state index is 0.475. The van der Waals surface area contributed by atoms with Crippen molar-refractivity contribution in [2.45, 2.75) is 6.92 Å². The van der Waals surface area contributed by atoms with Gasteiger partial charge in [0.25, 0.3) is 0 Å². The number of rotatable bonds is 0. The van der Waals surface area contributed by atoms with Crippen LogP contribution in [0.1, 0.15) is 5.69 Å². The van der Waals surface area contributed by atoms with Crippen molar-refractivity contribution in [1.29, 1.82) is 0 Å². The summed E-state index contributed by atoms with van der Waals surface area (Å²) in [6, 6.07) is 1.73. The lowest BCUT2D eigenvalue weighted by Gasteiger charge is -1.89. The molecule has 2 rings (SSSR count). The molecule has 0 N–H and O–H groups in total. The molecule has 56 valence electrons. The van der Waals surface area contributed by atoms with Crippen LogP contribution in [0.3, 0.4) is 0 Å². The summed E-state index contributed by atoms with van der Waals surface area (Å²) in [4.78, 5) is 8.16. The zero-order chi connectivity index (χ0) is 7.84. The van der Waals surface area contributed by atoms with E-state index in [1.165, 1.54) is 0 Å². The second kappa shape index (κ2) is 2.20. The Bertz CT molecular complexity index is 393. The van der Waals surface area contributed by atoms with Crippen molar-refractivity contribution < 1.29 is 0 Å². The predicted molar refractivity (Wildman–Crippen MR) is 42.7 cm³/mol. The fourth-order valence-corrected chi connectivity index (χ4v) is 1.10. The fourth-order valence-electron chi connectivity index (χ4n) is 0.970. The van der Waals surface area contributed by atoms with E-state index >= 15 is 0 Å². The first-order valence-electron chi connectivity index (χ1n) is 3.23. The van der Waals surface area contributed by atoms with Crippen LogP contribution in [-0.2, 0) is 0 Å². The van der Waals surface area contributed by atoms with Gasteiger partial charge in [-0.2, -0.15) is 0 Å². The van der Waals surface area contributed by atoms with Crippen LogP contribution in [0, 0.1) is 6.92 Å². The highest BCUT2D eigenvalue weighted by molar-refractivity contribution is 6.29. The first-order valence-corrected chi connectivity index (χ1v) is 3.61. The average Bonchev–Trinajstić information content (AvgIpc) is 2.27. The molecule has 2 heterocycles. The molecule has 2 aromatic rings. The Morgan fingerprint density at radius 2 is 2.27 bits per heavy atom. The van der Waals surface area contributed by atoms with Gasteiger partial charge in [0.1, 0.15) is 5.15 Å². The maximum atomic E-state index is 5.66. The summed E-state index contributed by atoms with van der Waals surface area (Å²) in [7, 11) is 0. The van der Waals surface area contributed by atoms with Crippen molar-refractivity contribution in [3.8, 4) is 0 Å². The fraction of sp³-hybridized carbons (Fsp3) is 0.143. The number of nitrogens with zero attached hydrogens (tertiary/aromatic N) is 3. The molecule has 0 saturated carbocycles. The molecule has 11 heavy (non-hydrogen) atoms. The van der Waals surface area contributed by atoms with E-state index in [2.05, 4.69) is 9.97 Å². The van der Waals surface area contributed by atoms with Gasteiger partial charge in [-0.05, 0) is 13.0 Å². The van der Waals surface area contributed by atoms with Gasteiger partial charge >= 0.3 is 0 Å². The van der Waals surface area contributed by atoms with Gasteiger partial charge in [-0.15, -0.1) is 0 Å². The van der Waals surface area contributed by atoms with Crippen LogP contribution in [-0.4, -0.2) is 14.4 Å². The summed E-state index contributed by atoms with van der Waals surface area (Å²) in [6.07, 6.45) is 3.74. The van der Waals surface area contributed by atoms with Crippen LogP contribution in [0.2, 0.25) is 5.15 Å². The quantitative estimate of drug-likeness (QED) is 0.559. The maximum Gasteiger partial charge on any atom is 0.235 e. The van der Waals surface area contributed by atoms with E-state index in [0.717, 1.165) is 5.69 Å². The molecule has 0 saturated heterocycles. The van der Waals surface area contributed by atoms with Gasteiger partial charge in [-0.1, -0.05) is 11.6 Å². The summed E-state index contributed by atoms with van der Waals surface area (Å²) in [5, 5.41) is 0.475. The van der Waals surface area contributed by atoms with Crippen molar-refractivity contribution in [2.24, 2.45) is 0 Å². The topological polar surface area (TPSA) is 30.2 Å². The Morgan fingerprint density at radius 1 is 1.45 bits per heavy atom. The Hall–Kier alpha value is -1.09. The van der Waals surface area contributed by atoms with Crippen molar-refractivity contribution in [3.63, 3.8) is 0 Å². The molecule has 0 spiro atoms. The predicted octanol–water partition coefficient (Wildman–Crippen LogP) is 1.69. The molecule has 0 aliphatic carbocycles. The first-order chi connectivity index (χ1) is 5.25. The molecule has 0 unspecified atom stereocenters. The Labute approximate surface area is 68.7 Å². The Kier molecular flexibility index (Phi) is 1.32. The molecular weight excluding hydrogens is 162 g/mol. The summed E-state index contributed by atoms with van der Waals surface area (Å²) in [6.45, 7) is 1.92. The highest BCUT2D eigenvalue weighted by Crippen LogP contribution is 2.06. The van der Waals surface area contributed by atoms with E-state index in [0.29, 0.717) is 10.9 Å². The molecule has 0 radical (unpaired) electrons. The van der Waals surface area contributed by atoms with E-state index in [1.807, 2.05) is 23.7 Å². The standard InChI is InChI=1S/C7H6ClN3/c1-5-4-11-3-2-6(8)10-7(11)9-5/h2-4H,1H3. The van der Waals surface area contributed by atoms with Gasteiger partial charge in [0.15, 0.2) is 0 Å². The van der Waals surface area contributed by atoms with Gasteiger partial charge < -0.3 is 0 Å². The average molecular weight is 168 g/mol. The lowest BCUT2D eigenvalue weighted by Crippen LogP contribution is -1.85. The van der Waals surface area contributed by atoms with E-state index in [-0.39, 0.29) is 0 Å². The van der Waals surface area contributed by atoms with Crippen LogP contribution in [0.5, 0.6) is 0 Å². The minimum Gasteiger partial charge on any atom is -0.291 e. The molecule has 0 atom stereocenters. The van der Waals surface area contributed by atoms with Crippen LogP contribution in [0.15, 0.2) is 18.5 Å². The van der Waals surface area contributed by atoms with Crippen LogP contribution in [0.25, 0.3) is 5.78 Å². The van der Waals surface area contributed by atoms with Crippen molar-refractivity contribution in [2.75, 3.05) is 0 Å². The summed E-state index contributed by atoms with van der Waals surface area (Å²) >= 11 is 5.66. The zero-order valence-electron chi connectivity index (χ0n) is 5.95. The summed E-state index contributed by atoms with van der Waals surface area (Å²) < 4.78 is 1.83. The number of aryl methyl sites for hydroxylation is 1. The third-order valence-electron chi connectivity index (χ3n) is 1.41. The summed E-state index contributed by atoms with van der Waals surface area (Å²) in [5.41, 5.74) is 0.944. The number of fused-ring (bicyclic) bond motifs is 1. The molecule has 0 aromatic carbocycles. The minimum atomic E-state index is 0.475. The number of halogens is 1. The first kappa shape index (κ1) is 6.61. The van der Waals surface area contributed by atoms with Crippen LogP contribution < -0.4 is 0 Å². The SMILES string of the molecule is Cc1cn2ccc(Cl)nc2n1. The van der Waals surface area contributed by atoms with E-state index in [4.69, 9.17) is 11.6 Å². The normalized spacial score (nSPS) is 10.7. The Morgan fingerprint density at radius 3 is 3.09 bits per heavy atom. The van der Waals surface area contributed by atoms with Crippen LogP contribution >= 0.6 is 11.6 Å². The second-order valence-corrected chi connectivity index (χ2v) is 2.73. The van der Waals surface area contributed by atoms with Crippen molar-refractivity contribution in [1.82, 2.24) is 14.4 Å². The number of aromatic nitrogens is 3. The second-order valence-electron chi connectivity index (χ2n) is 2.34. The van der Waals surface area contributed by atoms with E-state index in [9.17, 15) is 0 Å². The van der Waals surface area contributed by atoms with E-state index < -0.39 is 0 Å². The van der Waals surface area contributed by atoms with E-state index in [1.54, 1.807) is 6.07 Å². The molecular formula is C7H6ClN3. The Balaban J connectivity index is 2.82. The van der Waals surface area contributed by atoms with Gasteiger partial charge in [0, 0.05) is 12.4 Å². The molecule has 0 amide bonds. The highest BCUT2D eigenvalue weighted by atomic mass is 35.5. The highest BCUT2D eigenvalue weighted by Gasteiger charge is 1.97. The monoisotopic (exact) mass is 167 g/mol. The third kappa shape index (κ3) is 1.07. The van der Waals surface area contributed by atoms with Crippen molar-refractivity contribution >= 4 is 17.4 Å². The molecule has 0 bridgehead atoms. The molecule has 0 aliphatic rings. The maximum absolute atomic E-state index is 5.66. The van der Waals surface area contributed by atoms with Gasteiger partial charge in [-0.3, -0.25) is 4.40 Å². The van der Waals surface area contributed by atoms with Gasteiger partial charge in [0.05, 0.1) is 5.69 Å². The van der Waals surface area contributed by atoms with Crippen molar-refractivity contribution in [3.05, 3.63) is 29.3 Å². The molecule has 2 aromatic heterocycles. The van der Waals surface area contributed by atoms with Crippen LogP contribution in [0.4, 0.5) is 0 Å². The molecule has 0 aliphatic heterocycles. The molecule has 0 fully saturated rings. The third-order valence-corrected chi connectivity index (χ3v) is 1.62. The number of hydrogen-bond donors (Lipinski definition) is 0. The molecule has 4 heteroatoms. The largest absolute Gasteiger partial charge is 0.291 e. The zero-order valence-corrected chi connectivity index (χ0v) is 6.71. The number of hydrogen-bond acceptors (Lipinski definition) is 2. The van der Waals surface area contributed by atoms with Gasteiger partial charge in [-0.25, -0.2) is 9.97 Å². The lowest BCUT2D eigenvalue weighted by atomic mass is 10.6. The lowest BCUT2D eigenvalue weighted by molar-refractivity contribution is 1.11. The number of imidazole rings is 1. The summed E-state index contributed by atoms with van der Waals surface area (Å²) in [5.74, 6) is 0.648. The smallest absolute Gasteiger partial charge is 0.235 e. The van der Waals surface area contributed by atoms with Gasteiger partial charge in [0.2, 0.25) is 5.78 Å².